The first kappa shape index (κ1) is 20.4. The van der Waals surface area contributed by atoms with E-state index in [1.807, 2.05) is 43.3 Å². The van der Waals surface area contributed by atoms with Gasteiger partial charge in [0.15, 0.2) is 0 Å². The lowest BCUT2D eigenvalue weighted by Crippen LogP contribution is -2.32. The van der Waals surface area contributed by atoms with Crippen molar-refractivity contribution in [3.63, 3.8) is 0 Å². The Morgan fingerprint density at radius 2 is 1.71 bits per heavy atom. The second kappa shape index (κ2) is 7.93. The van der Waals surface area contributed by atoms with E-state index in [-0.39, 0.29) is 18.4 Å². The van der Waals surface area contributed by atoms with Crippen molar-refractivity contribution in [2.75, 3.05) is 25.1 Å². The Labute approximate surface area is 166 Å². The number of methoxy groups -OCH3 is 1. The van der Waals surface area contributed by atoms with Crippen LogP contribution >= 0.6 is 0 Å². The molecular weight excluding hydrogens is 376 g/mol. The zero-order chi connectivity index (χ0) is 20.5. The summed E-state index contributed by atoms with van der Waals surface area (Å²) in [4.78, 5) is 14.4. The predicted molar refractivity (Wildman–Crippen MR) is 109 cm³/mol. The lowest BCUT2D eigenvalue weighted by atomic mass is 10.1. The molecule has 2 aromatic rings. The van der Waals surface area contributed by atoms with Gasteiger partial charge in [0, 0.05) is 25.2 Å². The second-order valence-corrected chi connectivity index (χ2v) is 9.06. The molecule has 6 nitrogen and oxygen atoms in total. The van der Waals surface area contributed by atoms with Crippen LogP contribution in [-0.2, 0) is 14.8 Å². The highest BCUT2D eigenvalue weighted by Crippen LogP contribution is 2.27. The fourth-order valence-electron chi connectivity index (χ4n) is 3.82. The van der Waals surface area contributed by atoms with Crippen molar-refractivity contribution in [1.29, 1.82) is 0 Å². The lowest BCUT2D eigenvalue weighted by molar-refractivity contribution is -0.117. The monoisotopic (exact) mass is 402 g/mol. The number of aryl methyl sites for hydroxylation is 3. The summed E-state index contributed by atoms with van der Waals surface area (Å²) in [5.41, 5.74) is 3.28. The maximum Gasteiger partial charge on any atom is 0.241 e. The molecule has 3 rings (SSSR count). The Morgan fingerprint density at radius 1 is 1.11 bits per heavy atom. The largest absolute Gasteiger partial charge is 0.497 e. The van der Waals surface area contributed by atoms with E-state index in [1.165, 1.54) is 0 Å². The van der Waals surface area contributed by atoms with Crippen molar-refractivity contribution in [2.45, 2.75) is 32.1 Å². The molecule has 1 aliphatic heterocycles. The number of rotatable bonds is 6. The predicted octanol–water partition coefficient (Wildman–Crippen LogP) is 2.95. The van der Waals surface area contributed by atoms with E-state index in [4.69, 9.17) is 4.74 Å². The standard InChI is InChI=1S/C21H26N2O4S/c1-14-9-15(2)21(16(3)10-14)28(25,26)22-12-17-11-20(24)23(13-17)18-5-7-19(27-4)8-6-18/h5-10,17,22H,11-13H2,1-4H3/t17-/m1/s1. The highest BCUT2D eigenvalue weighted by molar-refractivity contribution is 7.89. The maximum atomic E-state index is 12.8. The lowest BCUT2D eigenvalue weighted by Gasteiger charge is -2.18. The SMILES string of the molecule is COc1ccc(N2C[C@@H](CNS(=O)(=O)c3c(C)cc(C)cc3C)CC2=O)cc1. The third-order valence-corrected chi connectivity index (χ3v) is 6.75. The molecule has 28 heavy (non-hydrogen) atoms. The van der Waals surface area contributed by atoms with E-state index in [9.17, 15) is 13.2 Å². The number of sulfonamides is 1. The molecule has 150 valence electrons. The summed E-state index contributed by atoms with van der Waals surface area (Å²) in [5.74, 6) is 0.649. The number of carbonyl (C=O) groups excluding carboxylic acids is 1. The first-order valence-electron chi connectivity index (χ1n) is 9.23. The number of hydrogen-bond acceptors (Lipinski definition) is 4. The van der Waals surface area contributed by atoms with Gasteiger partial charge in [0.2, 0.25) is 15.9 Å². The van der Waals surface area contributed by atoms with Gasteiger partial charge in [-0.2, -0.15) is 0 Å². The van der Waals surface area contributed by atoms with Crippen LogP contribution in [-0.4, -0.2) is 34.5 Å². The van der Waals surface area contributed by atoms with Crippen LogP contribution in [0, 0.1) is 26.7 Å². The number of amides is 1. The molecule has 0 radical (unpaired) electrons. The van der Waals surface area contributed by atoms with Crippen molar-refractivity contribution in [3.8, 4) is 5.75 Å². The van der Waals surface area contributed by atoms with Gasteiger partial charge in [0.1, 0.15) is 5.75 Å². The highest BCUT2D eigenvalue weighted by atomic mass is 32.2. The fraction of sp³-hybridized carbons (Fsp3) is 0.381. The normalized spacial score (nSPS) is 17.2. The number of hydrogen-bond donors (Lipinski definition) is 1. The molecule has 1 aliphatic rings. The molecule has 1 atom stereocenters. The van der Waals surface area contributed by atoms with E-state index in [2.05, 4.69) is 4.72 Å². The molecular formula is C21H26N2O4S. The highest BCUT2D eigenvalue weighted by Gasteiger charge is 2.32. The van der Waals surface area contributed by atoms with Crippen LogP contribution in [0.1, 0.15) is 23.1 Å². The number of nitrogens with one attached hydrogen (secondary N) is 1. The van der Waals surface area contributed by atoms with Crippen LogP contribution in [0.4, 0.5) is 5.69 Å². The van der Waals surface area contributed by atoms with Crippen LogP contribution in [0.3, 0.4) is 0 Å². The molecule has 0 bridgehead atoms. The molecule has 1 heterocycles. The molecule has 0 aromatic heterocycles. The minimum atomic E-state index is -3.63. The van der Waals surface area contributed by atoms with Gasteiger partial charge in [-0.15, -0.1) is 0 Å². The Balaban J connectivity index is 1.69. The summed E-state index contributed by atoms with van der Waals surface area (Å²) < 4.78 is 33.5. The number of nitrogens with zero attached hydrogens (tertiary/aromatic N) is 1. The summed E-state index contributed by atoms with van der Waals surface area (Å²) in [7, 11) is -2.04. The minimum Gasteiger partial charge on any atom is -0.497 e. The Morgan fingerprint density at radius 3 is 2.29 bits per heavy atom. The summed E-state index contributed by atoms with van der Waals surface area (Å²) in [6.07, 6.45) is 0.320. The van der Waals surface area contributed by atoms with Crippen molar-refractivity contribution in [3.05, 3.63) is 53.1 Å². The number of anilines is 1. The number of ether oxygens (including phenoxy) is 1. The molecule has 0 unspecified atom stereocenters. The molecule has 0 spiro atoms. The zero-order valence-corrected chi connectivity index (χ0v) is 17.5. The first-order valence-corrected chi connectivity index (χ1v) is 10.7. The van der Waals surface area contributed by atoms with Crippen LogP contribution < -0.4 is 14.4 Å². The third kappa shape index (κ3) is 4.20. The Hall–Kier alpha value is -2.38. The van der Waals surface area contributed by atoms with Crippen molar-refractivity contribution in [2.24, 2.45) is 5.92 Å². The Bertz CT molecular complexity index is 961. The average Bonchev–Trinajstić information content (AvgIpc) is 3.00. The molecule has 7 heteroatoms. The number of benzene rings is 2. The maximum absolute atomic E-state index is 12.8. The van der Waals surface area contributed by atoms with Crippen LogP contribution in [0.2, 0.25) is 0 Å². The first-order chi connectivity index (χ1) is 13.2. The minimum absolute atomic E-state index is 0.00272. The molecule has 1 amide bonds. The van der Waals surface area contributed by atoms with E-state index in [0.717, 1.165) is 28.1 Å². The quantitative estimate of drug-likeness (QED) is 0.806. The fourth-order valence-corrected chi connectivity index (χ4v) is 5.39. The van der Waals surface area contributed by atoms with Gasteiger partial charge >= 0.3 is 0 Å². The van der Waals surface area contributed by atoms with Crippen molar-refractivity contribution < 1.29 is 17.9 Å². The van der Waals surface area contributed by atoms with Crippen LogP contribution in [0.5, 0.6) is 5.75 Å². The van der Waals surface area contributed by atoms with E-state index in [0.29, 0.717) is 17.9 Å². The summed E-state index contributed by atoms with van der Waals surface area (Å²) in [6, 6.07) is 11.0. The smallest absolute Gasteiger partial charge is 0.241 e. The summed E-state index contributed by atoms with van der Waals surface area (Å²) in [5, 5.41) is 0. The van der Waals surface area contributed by atoms with Crippen molar-refractivity contribution in [1.82, 2.24) is 4.72 Å². The van der Waals surface area contributed by atoms with Gasteiger partial charge in [0.05, 0.1) is 12.0 Å². The van der Waals surface area contributed by atoms with E-state index >= 15 is 0 Å². The molecule has 0 aliphatic carbocycles. The van der Waals surface area contributed by atoms with Gasteiger partial charge in [-0.25, -0.2) is 13.1 Å². The van der Waals surface area contributed by atoms with E-state index < -0.39 is 10.0 Å². The zero-order valence-electron chi connectivity index (χ0n) is 16.7. The number of carbonyl (C=O) groups is 1. The molecule has 1 fully saturated rings. The molecule has 1 N–H and O–H groups in total. The van der Waals surface area contributed by atoms with Crippen LogP contribution in [0.25, 0.3) is 0 Å². The van der Waals surface area contributed by atoms with Gasteiger partial charge < -0.3 is 9.64 Å². The average molecular weight is 403 g/mol. The summed E-state index contributed by atoms with van der Waals surface area (Å²) in [6.45, 7) is 6.27. The van der Waals surface area contributed by atoms with Crippen LogP contribution in [0.15, 0.2) is 41.3 Å². The van der Waals surface area contributed by atoms with Gasteiger partial charge in [-0.1, -0.05) is 17.7 Å². The van der Waals surface area contributed by atoms with E-state index in [1.54, 1.807) is 25.9 Å². The molecule has 1 saturated heterocycles. The van der Waals surface area contributed by atoms with Gasteiger partial charge in [-0.05, 0) is 62.1 Å². The second-order valence-electron chi connectivity index (χ2n) is 7.35. The van der Waals surface area contributed by atoms with Gasteiger partial charge in [-0.3, -0.25) is 4.79 Å². The van der Waals surface area contributed by atoms with Crippen molar-refractivity contribution >= 4 is 21.6 Å². The Kier molecular flexibility index (Phi) is 5.76. The molecule has 2 aromatic carbocycles. The topological polar surface area (TPSA) is 75.7 Å². The summed E-state index contributed by atoms with van der Waals surface area (Å²) >= 11 is 0. The molecule has 0 saturated carbocycles. The van der Waals surface area contributed by atoms with Gasteiger partial charge in [0.25, 0.3) is 0 Å². The third-order valence-electron chi connectivity index (χ3n) is 5.02.